The normalized spacial score (nSPS) is 11.7. The van der Waals surface area contributed by atoms with Crippen LogP contribution in [0.2, 0.25) is 0 Å². The number of hydrogen-bond acceptors (Lipinski definition) is 15. The number of carbonyl (C=O) groups is 6. The van der Waals surface area contributed by atoms with Gasteiger partial charge in [-0.05, 0) is 41.9 Å². The number of amides is 5. The lowest BCUT2D eigenvalue weighted by Crippen LogP contribution is -2.33. The standard InChI is InChI=1S/C42H67N7O13/c1-34(42(2,3)4)26-41(55)48(32-50)14-7-5-6-8-38(52)44-27-37-28-49(47-46-37)15-17-57-19-21-59-23-25-60-24-22-58-20-18-56-16-13-43-39(53)30-61-31-40(54)45-36-11-9-35(10-12-36)29-62-33-51/h9-12,28,32-34H,5-8,13-27,29-31H2,1-4H3,(H,43,53)(H,44,52)(H,45,54). The predicted octanol–water partition coefficient (Wildman–Crippen LogP) is 2.04. The third kappa shape index (κ3) is 26.5. The Bertz CT molecular complexity index is 1570. The van der Waals surface area contributed by atoms with Gasteiger partial charge in [-0.2, -0.15) is 0 Å². The van der Waals surface area contributed by atoms with Gasteiger partial charge in [0.05, 0.1) is 85.4 Å². The number of imide groups is 1. The number of nitrogens with zero attached hydrogens (tertiary/aromatic N) is 4. The summed E-state index contributed by atoms with van der Waals surface area (Å²) in [4.78, 5) is 71.5. The molecule has 20 nitrogen and oxygen atoms in total. The second kappa shape index (κ2) is 32.8. The minimum absolute atomic E-state index is 0.0106. The molecule has 0 aliphatic rings. The summed E-state index contributed by atoms with van der Waals surface area (Å²) in [6.45, 7) is 13.5. The Morgan fingerprint density at radius 3 is 1.98 bits per heavy atom. The average Bonchev–Trinajstić information content (AvgIpc) is 3.70. The molecule has 2 rings (SSSR count). The quantitative estimate of drug-likeness (QED) is 0.0651. The molecule has 0 saturated heterocycles. The van der Waals surface area contributed by atoms with Crippen molar-refractivity contribution in [3.63, 3.8) is 0 Å². The van der Waals surface area contributed by atoms with Crippen molar-refractivity contribution in [1.82, 2.24) is 30.5 Å². The Morgan fingerprint density at radius 1 is 0.758 bits per heavy atom. The maximum atomic E-state index is 12.5. The highest BCUT2D eigenvalue weighted by Crippen LogP contribution is 2.28. The highest BCUT2D eigenvalue weighted by Gasteiger charge is 2.25. The molecule has 0 aliphatic heterocycles. The first-order chi connectivity index (χ1) is 29.9. The fourth-order valence-electron chi connectivity index (χ4n) is 5.17. The molecule has 0 fully saturated rings. The van der Waals surface area contributed by atoms with E-state index in [-0.39, 0.29) is 62.0 Å². The van der Waals surface area contributed by atoms with Gasteiger partial charge >= 0.3 is 0 Å². The zero-order valence-electron chi connectivity index (χ0n) is 36.8. The Balaban J connectivity index is 1.32. The Labute approximate surface area is 364 Å². The molecule has 1 unspecified atom stereocenters. The van der Waals surface area contributed by atoms with Crippen LogP contribution in [-0.2, 0) is 81.6 Å². The highest BCUT2D eigenvalue weighted by molar-refractivity contribution is 5.92. The third-order valence-corrected chi connectivity index (χ3v) is 9.31. The van der Waals surface area contributed by atoms with E-state index in [1.54, 1.807) is 35.1 Å². The molecule has 0 radical (unpaired) electrons. The summed E-state index contributed by atoms with van der Waals surface area (Å²) in [5.74, 6) is -0.878. The first-order valence-electron chi connectivity index (χ1n) is 21.0. The zero-order chi connectivity index (χ0) is 45.3. The van der Waals surface area contributed by atoms with Gasteiger partial charge in [-0.25, -0.2) is 4.68 Å². The van der Waals surface area contributed by atoms with Crippen molar-refractivity contribution in [3.05, 3.63) is 41.7 Å². The van der Waals surface area contributed by atoms with E-state index in [0.717, 1.165) is 12.0 Å². The van der Waals surface area contributed by atoms with Crippen LogP contribution in [0.25, 0.3) is 0 Å². The molecule has 62 heavy (non-hydrogen) atoms. The summed E-state index contributed by atoms with van der Waals surface area (Å²) in [6.07, 6.45) is 5.07. The lowest BCUT2D eigenvalue weighted by molar-refractivity contribution is -0.139. The molecule has 0 spiro atoms. The van der Waals surface area contributed by atoms with Gasteiger partial charge in [0.15, 0.2) is 0 Å². The molecule has 5 amide bonds. The van der Waals surface area contributed by atoms with E-state index < -0.39 is 5.91 Å². The number of benzene rings is 1. The van der Waals surface area contributed by atoms with Gasteiger partial charge in [0.1, 0.15) is 25.5 Å². The topological polar surface area (TPSA) is 237 Å². The minimum Gasteiger partial charge on any atom is -0.463 e. The number of hydrogen-bond donors (Lipinski definition) is 3. The Hall–Kier alpha value is -4.86. The van der Waals surface area contributed by atoms with Crippen LogP contribution >= 0.6 is 0 Å². The van der Waals surface area contributed by atoms with Crippen LogP contribution in [0.5, 0.6) is 0 Å². The van der Waals surface area contributed by atoms with E-state index in [0.29, 0.717) is 129 Å². The van der Waals surface area contributed by atoms with Gasteiger partial charge in [-0.15, -0.1) is 5.10 Å². The first-order valence-corrected chi connectivity index (χ1v) is 21.0. The van der Waals surface area contributed by atoms with Crippen molar-refractivity contribution in [1.29, 1.82) is 0 Å². The lowest BCUT2D eigenvalue weighted by atomic mass is 9.80. The third-order valence-electron chi connectivity index (χ3n) is 9.31. The average molecular weight is 878 g/mol. The smallest absolute Gasteiger partial charge is 0.293 e. The minimum atomic E-state index is -0.408. The van der Waals surface area contributed by atoms with Crippen LogP contribution in [-0.4, -0.2) is 149 Å². The summed E-state index contributed by atoms with van der Waals surface area (Å²) in [6, 6.07) is 6.77. The van der Waals surface area contributed by atoms with Crippen molar-refractivity contribution in [2.45, 2.75) is 79.5 Å². The van der Waals surface area contributed by atoms with Gasteiger partial charge < -0.3 is 49.1 Å². The molecule has 348 valence electrons. The maximum absolute atomic E-state index is 12.5. The molecule has 0 bridgehead atoms. The van der Waals surface area contributed by atoms with Gasteiger partial charge in [-0.3, -0.25) is 33.7 Å². The Kier molecular flexibility index (Phi) is 28.2. The van der Waals surface area contributed by atoms with Crippen LogP contribution < -0.4 is 16.0 Å². The number of unbranched alkanes of at least 4 members (excludes halogenated alkanes) is 2. The highest BCUT2D eigenvalue weighted by atomic mass is 16.6. The molecular formula is C42H67N7O13. The number of carbonyl (C=O) groups excluding carboxylic acids is 6. The summed E-state index contributed by atoms with van der Waals surface area (Å²) < 4.78 is 39.0. The van der Waals surface area contributed by atoms with Crippen LogP contribution in [0.4, 0.5) is 5.69 Å². The summed E-state index contributed by atoms with van der Waals surface area (Å²) >= 11 is 0. The predicted molar refractivity (Wildman–Crippen MR) is 225 cm³/mol. The van der Waals surface area contributed by atoms with E-state index >= 15 is 0 Å². The van der Waals surface area contributed by atoms with Gasteiger partial charge in [0, 0.05) is 31.6 Å². The molecule has 1 aromatic carbocycles. The molecule has 1 heterocycles. The number of nitrogens with one attached hydrogen (secondary N) is 3. The SMILES string of the molecule is CC(CC(=O)N(C=O)CCCCCC(=O)NCc1cn(CCOCCOCCOCCOCCOCCNC(=O)COCC(=O)Nc2ccc(COC=O)cc2)nn1)C(C)(C)C. The largest absolute Gasteiger partial charge is 0.463 e. The molecule has 1 atom stereocenters. The fourth-order valence-corrected chi connectivity index (χ4v) is 5.17. The second-order valence-corrected chi connectivity index (χ2v) is 15.3. The number of ether oxygens (including phenoxy) is 7. The van der Waals surface area contributed by atoms with Crippen molar-refractivity contribution >= 4 is 42.2 Å². The molecule has 3 N–H and O–H groups in total. The van der Waals surface area contributed by atoms with Crippen LogP contribution in [0.1, 0.15) is 71.1 Å². The number of anilines is 1. The van der Waals surface area contributed by atoms with E-state index in [1.807, 2.05) is 6.92 Å². The maximum Gasteiger partial charge on any atom is 0.293 e. The van der Waals surface area contributed by atoms with Gasteiger partial charge in [-0.1, -0.05) is 51.5 Å². The van der Waals surface area contributed by atoms with E-state index in [9.17, 15) is 28.8 Å². The van der Waals surface area contributed by atoms with Crippen LogP contribution in [0, 0.1) is 11.3 Å². The van der Waals surface area contributed by atoms with Gasteiger partial charge in [0.2, 0.25) is 30.0 Å². The van der Waals surface area contributed by atoms with Crippen molar-refractivity contribution in [3.8, 4) is 0 Å². The molecule has 20 heteroatoms. The van der Waals surface area contributed by atoms with Gasteiger partial charge in [0.25, 0.3) is 6.47 Å². The monoisotopic (exact) mass is 877 g/mol. The molecule has 0 aliphatic carbocycles. The van der Waals surface area contributed by atoms with Crippen LogP contribution in [0.3, 0.4) is 0 Å². The lowest BCUT2D eigenvalue weighted by Gasteiger charge is -2.28. The molecule has 2 aromatic rings. The summed E-state index contributed by atoms with van der Waals surface area (Å²) in [5.41, 5.74) is 1.95. The van der Waals surface area contributed by atoms with E-state index in [2.05, 4.69) is 51.8 Å². The molecular weight excluding hydrogens is 810 g/mol. The van der Waals surface area contributed by atoms with E-state index in [1.165, 1.54) is 4.90 Å². The first kappa shape index (κ1) is 53.3. The van der Waals surface area contributed by atoms with E-state index in [4.69, 9.17) is 28.4 Å². The van der Waals surface area contributed by atoms with Crippen LogP contribution in [0.15, 0.2) is 30.5 Å². The van der Waals surface area contributed by atoms with Crippen molar-refractivity contribution < 1.29 is 61.9 Å². The number of aromatic nitrogens is 3. The fraction of sp³-hybridized carbons (Fsp3) is 0.667. The second-order valence-electron chi connectivity index (χ2n) is 15.3. The molecule has 0 saturated carbocycles. The summed E-state index contributed by atoms with van der Waals surface area (Å²) in [7, 11) is 0. The Morgan fingerprint density at radius 2 is 1.37 bits per heavy atom. The number of rotatable bonds is 37. The molecule has 1 aromatic heterocycles. The van der Waals surface area contributed by atoms with Crippen molar-refractivity contribution in [2.24, 2.45) is 11.3 Å². The summed E-state index contributed by atoms with van der Waals surface area (Å²) in [5, 5.41) is 16.3. The zero-order valence-corrected chi connectivity index (χ0v) is 36.8. The van der Waals surface area contributed by atoms with Crippen molar-refractivity contribution in [2.75, 3.05) is 97.7 Å².